The van der Waals surface area contributed by atoms with Gasteiger partial charge in [0.2, 0.25) is 0 Å². The van der Waals surface area contributed by atoms with Crippen molar-refractivity contribution in [1.29, 1.82) is 0 Å². The molecule has 1 fully saturated rings. The third-order valence-corrected chi connectivity index (χ3v) is 9.12. The summed E-state index contributed by atoms with van der Waals surface area (Å²) in [5, 5.41) is 23.3. The molecular weight excluding hydrogens is 659 g/mol. The number of nitrogens with zero attached hydrogens (tertiary/aromatic N) is 1. The van der Waals surface area contributed by atoms with E-state index < -0.39 is 22.1 Å². The van der Waals surface area contributed by atoms with Crippen molar-refractivity contribution in [3.63, 3.8) is 0 Å². The summed E-state index contributed by atoms with van der Waals surface area (Å²) in [6.07, 6.45) is -1.08. The lowest BCUT2D eigenvalue weighted by Crippen LogP contribution is -2.43. The molecule has 1 aliphatic rings. The minimum Gasteiger partial charge on any atom is -0.392 e. The van der Waals surface area contributed by atoms with Crippen LogP contribution in [0, 0.1) is 0 Å². The topological polar surface area (TPSA) is 91.3 Å². The Balaban J connectivity index is 1.35. The van der Waals surface area contributed by atoms with Crippen molar-refractivity contribution in [2.24, 2.45) is 0 Å². The summed E-state index contributed by atoms with van der Waals surface area (Å²) in [7, 11) is 2.00. The average molecular weight is 698 g/mol. The van der Waals surface area contributed by atoms with Gasteiger partial charge in [0.15, 0.2) is 6.29 Å². The first-order chi connectivity index (χ1) is 22.5. The summed E-state index contributed by atoms with van der Waals surface area (Å²) in [5.41, 5.74) is 6.31. The summed E-state index contributed by atoms with van der Waals surface area (Å²) >= 11 is 17.2. The molecular formula is C37H39Cl3N2O5. The zero-order chi connectivity index (χ0) is 33.6. The Morgan fingerprint density at radius 2 is 1.55 bits per heavy atom. The van der Waals surface area contributed by atoms with Crippen LogP contribution < -0.4 is 5.32 Å². The van der Waals surface area contributed by atoms with Gasteiger partial charge in [-0.15, -0.1) is 0 Å². The predicted molar refractivity (Wildman–Crippen MR) is 186 cm³/mol. The van der Waals surface area contributed by atoms with Gasteiger partial charge in [-0.3, -0.25) is 9.69 Å². The summed E-state index contributed by atoms with van der Waals surface area (Å²) in [5.74, 6) is -0.691. The van der Waals surface area contributed by atoms with E-state index in [1.165, 1.54) is 0 Å². The highest BCUT2D eigenvalue weighted by Crippen LogP contribution is 2.39. The third kappa shape index (κ3) is 9.13. The number of rotatable bonds is 11. The number of hydrogen-bond donors (Lipinski definition) is 3. The number of halogens is 3. The number of benzene rings is 4. The smallest absolute Gasteiger partial charge is 0.272 e. The first-order valence-corrected chi connectivity index (χ1v) is 16.6. The van der Waals surface area contributed by atoms with E-state index in [4.69, 9.17) is 44.3 Å². The number of carbonyl (C=O) groups is 1. The fourth-order valence-corrected chi connectivity index (χ4v) is 5.94. The van der Waals surface area contributed by atoms with Crippen LogP contribution in [0.3, 0.4) is 0 Å². The van der Waals surface area contributed by atoms with E-state index in [0.29, 0.717) is 13.0 Å². The van der Waals surface area contributed by atoms with Gasteiger partial charge >= 0.3 is 0 Å². The average Bonchev–Trinajstić information content (AvgIpc) is 3.10. The molecule has 0 aliphatic carbocycles. The molecule has 5 rings (SSSR count). The maximum atomic E-state index is 12.1. The Morgan fingerprint density at radius 3 is 2.21 bits per heavy atom. The normalized spacial score (nSPS) is 19.7. The number of aliphatic hydroxyl groups excluding tert-OH is 2. The van der Waals surface area contributed by atoms with Gasteiger partial charge in [0.05, 0.1) is 24.9 Å². The van der Waals surface area contributed by atoms with Crippen LogP contribution in [0.25, 0.3) is 11.1 Å². The van der Waals surface area contributed by atoms with Crippen LogP contribution in [0.1, 0.15) is 59.7 Å². The highest BCUT2D eigenvalue weighted by atomic mass is 35.6. The van der Waals surface area contributed by atoms with E-state index in [1.807, 2.05) is 117 Å². The van der Waals surface area contributed by atoms with Gasteiger partial charge in [-0.2, -0.15) is 0 Å². The Bertz CT molecular complexity index is 1600. The number of ether oxygens (including phenoxy) is 2. The Hall–Kier alpha value is -2.98. The van der Waals surface area contributed by atoms with E-state index >= 15 is 0 Å². The second kappa shape index (κ2) is 15.9. The van der Waals surface area contributed by atoms with Gasteiger partial charge < -0.3 is 25.0 Å². The molecule has 248 valence electrons. The van der Waals surface area contributed by atoms with Gasteiger partial charge in [-0.05, 0) is 47.4 Å². The fourth-order valence-electron chi connectivity index (χ4n) is 5.74. The lowest BCUT2D eigenvalue weighted by molar-refractivity contribution is -0.253. The largest absolute Gasteiger partial charge is 0.392 e. The molecule has 5 atom stereocenters. The van der Waals surface area contributed by atoms with Gasteiger partial charge in [-0.25, -0.2) is 0 Å². The van der Waals surface area contributed by atoms with Gasteiger partial charge in [0, 0.05) is 31.1 Å². The molecule has 3 N–H and O–H groups in total. The number of hydrogen-bond acceptors (Lipinski definition) is 6. The number of nitrogens with one attached hydrogen (secondary N) is 1. The summed E-state index contributed by atoms with van der Waals surface area (Å²) in [4.78, 5) is 14.3. The SMILES string of the molecule is C[C@H]([C@@H](O)c1ccccc1)N(C)C[C@@H]1C[C@H](c2ccc(CO)cc2)O[C@H](c2ccc(-c3ccccc3CNC(=O)C(Cl)(Cl)Cl)cc2)O1. The lowest BCUT2D eigenvalue weighted by atomic mass is 9.97. The molecule has 1 heterocycles. The minimum absolute atomic E-state index is 0.0264. The van der Waals surface area contributed by atoms with E-state index in [9.17, 15) is 15.0 Å². The number of carbonyl (C=O) groups excluding carboxylic acids is 1. The number of amides is 1. The summed E-state index contributed by atoms with van der Waals surface area (Å²) in [6, 6.07) is 33.0. The molecule has 47 heavy (non-hydrogen) atoms. The molecule has 4 aromatic rings. The van der Waals surface area contributed by atoms with Crippen molar-refractivity contribution in [1.82, 2.24) is 10.2 Å². The molecule has 0 unspecified atom stereocenters. The van der Waals surface area contributed by atoms with Crippen LogP contribution in [-0.2, 0) is 27.4 Å². The van der Waals surface area contributed by atoms with Crippen molar-refractivity contribution in [3.05, 3.63) is 131 Å². The van der Waals surface area contributed by atoms with Crippen molar-refractivity contribution in [2.75, 3.05) is 13.6 Å². The Labute approximate surface area is 291 Å². The number of aliphatic hydroxyl groups is 2. The maximum absolute atomic E-state index is 12.1. The second-order valence-corrected chi connectivity index (χ2v) is 14.1. The van der Waals surface area contributed by atoms with Gasteiger partial charge in [0.1, 0.15) is 0 Å². The molecule has 1 amide bonds. The molecule has 0 aromatic heterocycles. The van der Waals surface area contributed by atoms with Crippen molar-refractivity contribution >= 4 is 40.7 Å². The van der Waals surface area contributed by atoms with E-state index in [1.54, 1.807) is 0 Å². The Morgan fingerprint density at radius 1 is 0.915 bits per heavy atom. The molecule has 1 saturated heterocycles. The molecule has 7 nitrogen and oxygen atoms in total. The van der Waals surface area contributed by atoms with Crippen LogP contribution in [0.5, 0.6) is 0 Å². The van der Waals surface area contributed by atoms with Gasteiger partial charge in [-0.1, -0.05) is 138 Å². The first kappa shape index (κ1) is 35.3. The van der Waals surface area contributed by atoms with Crippen LogP contribution >= 0.6 is 34.8 Å². The van der Waals surface area contributed by atoms with Crippen LogP contribution in [0.4, 0.5) is 0 Å². The Kier molecular flexibility index (Phi) is 12.0. The molecule has 0 saturated carbocycles. The minimum atomic E-state index is -2.04. The van der Waals surface area contributed by atoms with Crippen LogP contribution in [-0.4, -0.2) is 50.6 Å². The second-order valence-electron chi connectivity index (χ2n) is 11.8. The molecule has 4 aromatic carbocycles. The maximum Gasteiger partial charge on any atom is 0.272 e. The van der Waals surface area contributed by atoms with Crippen LogP contribution in [0.2, 0.25) is 0 Å². The standard InChI is InChI=1S/C37H39Cl3N2O5/c1-24(34(44)28-8-4-3-5-9-28)42(2)22-31-20-33(27-14-12-25(23-43)13-15-27)47-35(46-31)29-18-16-26(17-19-29)32-11-7-6-10-30(32)21-41-36(45)37(38,39)40/h3-19,24,31,33-35,43-44H,20-23H2,1-2H3,(H,41,45)/t24-,31+,33-,34-,35-/m1/s1. The zero-order valence-corrected chi connectivity index (χ0v) is 28.5. The molecule has 0 radical (unpaired) electrons. The van der Waals surface area contributed by atoms with Crippen molar-refractivity contribution < 1.29 is 24.5 Å². The molecule has 10 heteroatoms. The third-order valence-electron chi connectivity index (χ3n) is 8.61. The monoisotopic (exact) mass is 696 g/mol. The van der Waals surface area contributed by atoms with E-state index in [0.717, 1.165) is 38.9 Å². The summed E-state index contributed by atoms with van der Waals surface area (Å²) < 4.78 is 11.1. The van der Waals surface area contributed by atoms with E-state index in [-0.39, 0.29) is 31.4 Å². The number of likely N-dealkylation sites (N-methyl/N-ethyl adjacent to an activating group) is 1. The highest BCUT2D eigenvalue weighted by molar-refractivity contribution is 6.76. The highest BCUT2D eigenvalue weighted by Gasteiger charge is 2.34. The zero-order valence-electron chi connectivity index (χ0n) is 26.2. The van der Waals surface area contributed by atoms with Gasteiger partial charge in [0.25, 0.3) is 9.70 Å². The number of alkyl halides is 3. The molecule has 0 spiro atoms. The first-order valence-electron chi connectivity index (χ1n) is 15.5. The lowest BCUT2D eigenvalue weighted by Gasteiger charge is -2.39. The molecule has 1 aliphatic heterocycles. The summed E-state index contributed by atoms with van der Waals surface area (Å²) in [6.45, 7) is 2.77. The van der Waals surface area contributed by atoms with Crippen LogP contribution in [0.15, 0.2) is 103 Å². The molecule has 0 bridgehead atoms. The van der Waals surface area contributed by atoms with E-state index in [2.05, 4.69) is 10.2 Å². The fraction of sp³-hybridized carbons (Fsp3) is 0.324. The quantitative estimate of drug-likeness (QED) is 0.141. The predicted octanol–water partition coefficient (Wildman–Crippen LogP) is 7.43. The van der Waals surface area contributed by atoms with Crippen molar-refractivity contribution in [3.8, 4) is 11.1 Å². The van der Waals surface area contributed by atoms with Crippen molar-refractivity contribution in [2.45, 2.75) is 60.9 Å².